The molecule has 1 aliphatic rings. The van der Waals surface area contributed by atoms with Crippen LogP contribution in [0.3, 0.4) is 0 Å². The van der Waals surface area contributed by atoms with Gasteiger partial charge in [-0.05, 0) is 25.7 Å². The summed E-state index contributed by atoms with van der Waals surface area (Å²) in [6.07, 6.45) is 4.17. The Bertz CT molecular complexity index is 357. The lowest BCUT2D eigenvalue weighted by Gasteiger charge is -2.17. The number of nitrogens with one attached hydrogen (secondary N) is 2. The highest BCUT2D eigenvalue weighted by Gasteiger charge is 2.33. The van der Waals surface area contributed by atoms with Crippen LogP contribution < -0.4 is 10.6 Å². The number of carboxylic acid groups (broad SMARTS) is 1. The molecule has 0 bridgehead atoms. The van der Waals surface area contributed by atoms with Gasteiger partial charge in [0.25, 0.3) is 0 Å². The molecule has 1 fully saturated rings. The van der Waals surface area contributed by atoms with Gasteiger partial charge in [0.1, 0.15) is 0 Å². The molecule has 0 aliphatic heterocycles. The first kappa shape index (κ1) is 16.5. The molecule has 0 heterocycles. The third-order valence-corrected chi connectivity index (χ3v) is 3.56. The lowest BCUT2D eigenvalue weighted by Crippen LogP contribution is -2.40. The van der Waals surface area contributed by atoms with Gasteiger partial charge in [-0.15, -0.1) is 0 Å². The van der Waals surface area contributed by atoms with E-state index in [0.29, 0.717) is 25.8 Å². The fourth-order valence-electron chi connectivity index (χ4n) is 2.47. The van der Waals surface area contributed by atoms with E-state index in [1.807, 2.05) is 6.92 Å². The van der Waals surface area contributed by atoms with Gasteiger partial charge in [0.05, 0.1) is 5.92 Å². The predicted molar refractivity (Wildman–Crippen MR) is 74.1 cm³/mol. The minimum Gasteiger partial charge on any atom is -0.481 e. The van der Waals surface area contributed by atoms with E-state index in [4.69, 9.17) is 5.11 Å². The fourth-order valence-corrected chi connectivity index (χ4v) is 2.47. The Labute approximate surface area is 119 Å². The van der Waals surface area contributed by atoms with Gasteiger partial charge < -0.3 is 15.7 Å². The minimum atomic E-state index is -0.841. The second kappa shape index (κ2) is 8.55. The molecular formula is C14H24N2O4. The highest BCUT2D eigenvalue weighted by molar-refractivity contribution is 5.80. The van der Waals surface area contributed by atoms with Crippen LogP contribution in [0.4, 0.5) is 0 Å². The first-order chi connectivity index (χ1) is 9.54. The van der Waals surface area contributed by atoms with Crippen molar-refractivity contribution in [2.75, 3.05) is 6.54 Å². The first-order valence-electron chi connectivity index (χ1n) is 7.33. The van der Waals surface area contributed by atoms with Crippen molar-refractivity contribution in [2.45, 2.75) is 57.9 Å². The van der Waals surface area contributed by atoms with Gasteiger partial charge in [0, 0.05) is 25.4 Å². The van der Waals surface area contributed by atoms with E-state index in [1.165, 1.54) is 0 Å². The zero-order chi connectivity index (χ0) is 15.0. The van der Waals surface area contributed by atoms with E-state index < -0.39 is 11.9 Å². The molecule has 3 N–H and O–H groups in total. The van der Waals surface area contributed by atoms with Crippen LogP contribution in [0.2, 0.25) is 0 Å². The summed E-state index contributed by atoms with van der Waals surface area (Å²) in [4.78, 5) is 34.1. The number of carbonyl (C=O) groups excluding carboxylic acids is 2. The normalized spacial score (nSPS) is 21.4. The SMILES string of the molecule is CCCNC(=O)CCCC(=O)N[C@@H]1CCC[C@@H]1C(=O)O. The monoisotopic (exact) mass is 284 g/mol. The fraction of sp³-hybridized carbons (Fsp3) is 0.786. The summed E-state index contributed by atoms with van der Waals surface area (Å²) in [6, 6.07) is -0.256. The van der Waals surface area contributed by atoms with Crippen LogP contribution >= 0.6 is 0 Å². The van der Waals surface area contributed by atoms with E-state index >= 15 is 0 Å². The molecule has 0 aromatic rings. The Morgan fingerprint density at radius 3 is 2.50 bits per heavy atom. The lowest BCUT2D eigenvalue weighted by molar-refractivity contribution is -0.142. The number of hydrogen-bond acceptors (Lipinski definition) is 3. The molecule has 0 unspecified atom stereocenters. The molecule has 0 saturated heterocycles. The zero-order valence-corrected chi connectivity index (χ0v) is 12.0. The van der Waals surface area contributed by atoms with Gasteiger partial charge in [0.2, 0.25) is 11.8 Å². The summed E-state index contributed by atoms with van der Waals surface area (Å²) < 4.78 is 0. The molecule has 6 nitrogen and oxygen atoms in total. The molecule has 1 aliphatic carbocycles. The molecule has 0 spiro atoms. The number of rotatable bonds is 8. The van der Waals surface area contributed by atoms with Crippen LogP contribution in [-0.2, 0) is 14.4 Å². The molecule has 6 heteroatoms. The van der Waals surface area contributed by atoms with Crippen molar-refractivity contribution in [2.24, 2.45) is 5.92 Å². The van der Waals surface area contributed by atoms with Crippen molar-refractivity contribution in [1.29, 1.82) is 0 Å². The second-order valence-corrected chi connectivity index (χ2v) is 5.25. The summed E-state index contributed by atoms with van der Waals surface area (Å²) in [5.74, 6) is -1.51. The van der Waals surface area contributed by atoms with Crippen LogP contribution in [0.1, 0.15) is 51.9 Å². The van der Waals surface area contributed by atoms with E-state index in [9.17, 15) is 14.4 Å². The molecule has 2 amide bonds. The van der Waals surface area contributed by atoms with E-state index in [2.05, 4.69) is 10.6 Å². The maximum Gasteiger partial charge on any atom is 0.308 e. The predicted octanol–water partition coefficient (Wildman–Crippen LogP) is 1.05. The highest BCUT2D eigenvalue weighted by atomic mass is 16.4. The molecule has 0 aromatic heterocycles. The molecular weight excluding hydrogens is 260 g/mol. The minimum absolute atomic E-state index is 0.0380. The molecule has 2 atom stereocenters. The van der Waals surface area contributed by atoms with Crippen molar-refractivity contribution in [3.63, 3.8) is 0 Å². The third-order valence-electron chi connectivity index (χ3n) is 3.56. The maximum atomic E-state index is 11.7. The lowest BCUT2D eigenvalue weighted by atomic mass is 10.0. The number of amides is 2. The Hall–Kier alpha value is -1.59. The summed E-state index contributed by atoms with van der Waals surface area (Å²) in [6.45, 7) is 2.64. The summed E-state index contributed by atoms with van der Waals surface area (Å²) >= 11 is 0. The Morgan fingerprint density at radius 2 is 1.85 bits per heavy atom. The van der Waals surface area contributed by atoms with Crippen LogP contribution in [0.15, 0.2) is 0 Å². The summed E-state index contributed by atoms with van der Waals surface area (Å²) in [7, 11) is 0. The molecule has 114 valence electrons. The first-order valence-corrected chi connectivity index (χ1v) is 7.33. The van der Waals surface area contributed by atoms with Crippen LogP contribution in [0.5, 0.6) is 0 Å². The smallest absolute Gasteiger partial charge is 0.308 e. The number of aliphatic carboxylic acids is 1. The largest absolute Gasteiger partial charge is 0.481 e. The van der Waals surface area contributed by atoms with Gasteiger partial charge in [-0.2, -0.15) is 0 Å². The molecule has 0 radical (unpaired) electrons. The van der Waals surface area contributed by atoms with Crippen molar-refractivity contribution in [3.05, 3.63) is 0 Å². The third kappa shape index (κ3) is 5.59. The van der Waals surface area contributed by atoms with Crippen LogP contribution in [-0.4, -0.2) is 35.5 Å². The summed E-state index contributed by atoms with van der Waals surface area (Å²) in [5, 5.41) is 14.6. The second-order valence-electron chi connectivity index (χ2n) is 5.25. The Balaban J connectivity index is 2.20. The highest BCUT2D eigenvalue weighted by Crippen LogP contribution is 2.25. The van der Waals surface area contributed by atoms with Crippen LogP contribution in [0, 0.1) is 5.92 Å². The van der Waals surface area contributed by atoms with Crippen molar-refractivity contribution in [1.82, 2.24) is 10.6 Å². The van der Waals surface area contributed by atoms with Crippen molar-refractivity contribution in [3.8, 4) is 0 Å². The zero-order valence-electron chi connectivity index (χ0n) is 12.0. The number of carboxylic acids is 1. The van der Waals surface area contributed by atoms with Crippen molar-refractivity contribution < 1.29 is 19.5 Å². The Kier molecular flexibility index (Phi) is 7.04. The van der Waals surface area contributed by atoms with E-state index in [-0.39, 0.29) is 24.3 Å². The maximum absolute atomic E-state index is 11.7. The number of hydrogen-bond donors (Lipinski definition) is 3. The van der Waals surface area contributed by atoms with Gasteiger partial charge in [-0.1, -0.05) is 13.3 Å². The van der Waals surface area contributed by atoms with Gasteiger partial charge in [-0.3, -0.25) is 14.4 Å². The average Bonchev–Trinajstić information content (AvgIpc) is 2.84. The molecule has 1 rings (SSSR count). The topological polar surface area (TPSA) is 95.5 Å². The molecule has 1 saturated carbocycles. The summed E-state index contributed by atoms with van der Waals surface area (Å²) in [5.41, 5.74) is 0. The standard InChI is InChI=1S/C14H24N2O4/c1-2-9-15-12(17)7-4-8-13(18)16-11-6-3-5-10(11)14(19)20/h10-11H,2-9H2,1H3,(H,15,17)(H,16,18)(H,19,20)/t10-,11+/m0/s1. The van der Waals surface area contributed by atoms with Gasteiger partial charge in [-0.25, -0.2) is 0 Å². The van der Waals surface area contributed by atoms with Gasteiger partial charge in [0.15, 0.2) is 0 Å². The molecule has 0 aromatic carbocycles. The quantitative estimate of drug-likeness (QED) is 0.621. The molecule has 20 heavy (non-hydrogen) atoms. The Morgan fingerprint density at radius 1 is 1.15 bits per heavy atom. The van der Waals surface area contributed by atoms with E-state index in [0.717, 1.165) is 19.3 Å². The van der Waals surface area contributed by atoms with Crippen molar-refractivity contribution >= 4 is 17.8 Å². The number of carbonyl (C=O) groups is 3. The van der Waals surface area contributed by atoms with Gasteiger partial charge >= 0.3 is 5.97 Å². The average molecular weight is 284 g/mol. The van der Waals surface area contributed by atoms with Crippen LogP contribution in [0.25, 0.3) is 0 Å². The van der Waals surface area contributed by atoms with E-state index in [1.54, 1.807) is 0 Å².